The van der Waals surface area contributed by atoms with Gasteiger partial charge in [0.1, 0.15) is 16.9 Å². The Labute approximate surface area is 162 Å². The van der Waals surface area contributed by atoms with E-state index in [9.17, 15) is 18.8 Å². The van der Waals surface area contributed by atoms with Crippen molar-refractivity contribution >= 4 is 11.8 Å². The summed E-state index contributed by atoms with van der Waals surface area (Å²) in [6, 6.07) is 5.92. The highest BCUT2D eigenvalue weighted by Gasteiger charge is 2.22. The van der Waals surface area contributed by atoms with Crippen LogP contribution in [-0.2, 0) is 6.54 Å². The standard InChI is InChI=1S/C21H24FN3O3/c1-23-20(27)17-12-25(16-5-3-2-4-6-16)13-18(19(17)26)21(28)24-11-14-7-9-15(22)10-8-14/h7-10,12-13,16H,2-6,11H2,1H3,(H,23,27)(H,24,28). The van der Waals surface area contributed by atoms with Gasteiger partial charge < -0.3 is 15.2 Å². The van der Waals surface area contributed by atoms with Gasteiger partial charge in [-0.2, -0.15) is 0 Å². The Hall–Kier alpha value is -2.96. The summed E-state index contributed by atoms with van der Waals surface area (Å²) in [6.45, 7) is 0.159. The molecule has 2 amide bonds. The quantitative estimate of drug-likeness (QED) is 0.831. The summed E-state index contributed by atoms with van der Waals surface area (Å²) in [6.07, 6.45) is 8.33. The van der Waals surface area contributed by atoms with Crippen molar-refractivity contribution in [3.8, 4) is 0 Å². The molecule has 0 aliphatic heterocycles. The number of hydrogen-bond donors (Lipinski definition) is 2. The molecule has 7 heteroatoms. The molecule has 2 aromatic rings. The van der Waals surface area contributed by atoms with E-state index in [1.165, 1.54) is 25.6 Å². The molecule has 6 nitrogen and oxygen atoms in total. The molecule has 1 heterocycles. The van der Waals surface area contributed by atoms with Crippen LogP contribution in [0.25, 0.3) is 0 Å². The number of benzene rings is 1. The second kappa shape index (κ2) is 8.82. The number of rotatable bonds is 5. The van der Waals surface area contributed by atoms with Crippen molar-refractivity contribution in [2.45, 2.75) is 44.7 Å². The largest absolute Gasteiger partial charge is 0.355 e. The van der Waals surface area contributed by atoms with E-state index in [0.717, 1.165) is 25.7 Å². The Bertz CT molecular complexity index is 915. The molecule has 2 N–H and O–H groups in total. The first kappa shape index (κ1) is 19.8. The summed E-state index contributed by atoms with van der Waals surface area (Å²) in [7, 11) is 1.45. The third-order valence-corrected chi connectivity index (χ3v) is 5.12. The molecular weight excluding hydrogens is 361 g/mol. The van der Waals surface area contributed by atoms with Gasteiger partial charge in [-0.15, -0.1) is 0 Å². The summed E-state index contributed by atoms with van der Waals surface area (Å²) in [5, 5.41) is 5.15. The molecule has 1 aromatic carbocycles. The Kier molecular flexibility index (Phi) is 6.23. The van der Waals surface area contributed by atoms with Gasteiger partial charge in [-0.05, 0) is 30.5 Å². The molecule has 1 aliphatic rings. The first-order valence-corrected chi connectivity index (χ1v) is 9.50. The van der Waals surface area contributed by atoms with Crippen molar-refractivity contribution in [1.29, 1.82) is 0 Å². The van der Waals surface area contributed by atoms with Crippen molar-refractivity contribution in [1.82, 2.24) is 15.2 Å². The zero-order chi connectivity index (χ0) is 20.1. The Balaban J connectivity index is 1.88. The number of carbonyl (C=O) groups excluding carboxylic acids is 2. The van der Waals surface area contributed by atoms with Gasteiger partial charge >= 0.3 is 0 Å². The zero-order valence-electron chi connectivity index (χ0n) is 15.8. The Morgan fingerprint density at radius 3 is 2.25 bits per heavy atom. The fourth-order valence-electron chi connectivity index (χ4n) is 3.53. The highest BCUT2D eigenvalue weighted by Crippen LogP contribution is 2.28. The monoisotopic (exact) mass is 385 g/mol. The Morgan fingerprint density at radius 1 is 1.04 bits per heavy atom. The van der Waals surface area contributed by atoms with Crippen molar-refractivity contribution in [3.63, 3.8) is 0 Å². The van der Waals surface area contributed by atoms with Gasteiger partial charge in [-0.25, -0.2) is 4.39 Å². The molecule has 0 unspecified atom stereocenters. The molecule has 148 valence electrons. The molecule has 1 aliphatic carbocycles. The molecule has 1 saturated carbocycles. The fourth-order valence-corrected chi connectivity index (χ4v) is 3.53. The lowest BCUT2D eigenvalue weighted by molar-refractivity contribution is 0.0948. The fraction of sp³-hybridized carbons (Fsp3) is 0.381. The number of nitrogens with one attached hydrogen (secondary N) is 2. The van der Waals surface area contributed by atoms with Gasteiger partial charge in [0.05, 0.1) is 0 Å². The first-order valence-electron chi connectivity index (χ1n) is 9.50. The maximum Gasteiger partial charge on any atom is 0.257 e. The van der Waals surface area contributed by atoms with Crippen molar-refractivity contribution < 1.29 is 14.0 Å². The normalized spacial score (nSPS) is 14.5. The van der Waals surface area contributed by atoms with E-state index in [2.05, 4.69) is 10.6 Å². The molecule has 28 heavy (non-hydrogen) atoms. The molecule has 0 spiro atoms. The number of nitrogens with zero attached hydrogens (tertiary/aromatic N) is 1. The van der Waals surface area contributed by atoms with Gasteiger partial charge in [0.15, 0.2) is 0 Å². The predicted molar refractivity (Wildman–Crippen MR) is 104 cm³/mol. The SMILES string of the molecule is CNC(=O)c1cn(C2CCCCC2)cc(C(=O)NCc2ccc(F)cc2)c1=O. The number of pyridine rings is 1. The molecule has 3 rings (SSSR count). The van der Waals surface area contributed by atoms with E-state index >= 15 is 0 Å². The van der Waals surface area contributed by atoms with E-state index in [1.807, 2.05) is 4.57 Å². The van der Waals surface area contributed by atoms with E-state index in [4.69, 9.17) is 0 Å². The average molecular weight is 385 g/mol. The van der Waals surface area contributed by atoms with E-state index in [0.29, 0.717) is 5.56 Å². The summed E-state index contributed by atoms with van der Waals surface area (Å²) < 4.78 is 14.8. The summed E-state index contributed by atoms with van der Waals surface area (Å²) in [4.78, 5) is 37.6. The second-order valence-electron chi connectivity index (χ2n) is 7.04. The molecule has 1 aromatic heterocycles. The van der Waals surface area contributed by atoms with Crippen LogP contribution in [0.2, 0.25) is 0 Å². The number of amides is 2. The lowest BCUT2D eigenvalue weighted by Gasteiger charge is -2.25. The van der Waals surface area contributed by atoms with Crippen LogP contribution in [0.15, 0.2) is 41.5 Å². The van der Waals surface area contributed by atoms with Gasteiger partial charge in [-0.1, -0.05) is 31.4 Å². The minimum atomic E-state index is -0.594. The number of hydrogen-bond acceptors (Lipinski definition) is 3. The highest BCUT2D eigenvalue weighted by molar-refractivity contribution is 5.99. The van der Waals surface area contributed by atoms with Crippen molar-refractivity contribution in [2.24, 2.45) is 0 Å². The third kappa shape index (κ3) is 4.47. The number of aromatic nitrogens is 1. The smallest absolute Gasteiger partial charge is 0.257 e. The van der Waals surface area contributed by atoms with Crippen LogP contribution < -0.4 is 16.1 Å². The minimum absolute atomic E-state index is 0.0393. The molecule has 0 atom stereocenters. The third-order valence-electron chi connectivity index (χ3n) is 5.12. The van der Waals surface area contributed by atoms with E-state index in [1.54, 1.807) is 24.5 Å². The molecule has 0 saturated heterocycles. The van der Waals surface area contributed by atoms with Crippen LogP contribution in [0.5, 0.6) is 0 Å². The molecule has 0 bridgehead atoms. The first-order chi connectivity index (χ1) is 13.5. The molecule has 0 radical (unpaired) electrons. The van der Waals surface area contributed by atoms with Crippen molar-refractivity contribution in [3.05, 3.63) is 69.4 Å². The molecule has 1 fully saturated rings. The molecular formula is C21H24FN3O3. The van der Waals surface area contributed by atoms with E-state index in [-0.39, 0.29) is 29.5 Å². The summed E-state index contributed by atoms with van der Waals surface area (Å²) in [5.74, 6) is -1.42. The van der Waals surface area contributed by atoms with Crippen LogP contribution in [0.3, 0.4) is 0 Å². The maximum atomic E-state index is 13.0. The highest BCUT2D eigenvalue weighted by atomic mass is 19.1. The average Bonchev–Trinajstić information content (AvgIpc) is 2.73. The minimum Gasteiger partial charge on any atom is -0.355 e. The van der Waals surface area contributed by atoms with Gasteiger partial charge in [0.2, 0.25) is 5.43 Å². The topological polar surface area (TPSA) is 80.2 Å². The van der Waals surface area contributed by atoms with Crippen LogP contribution in [0.4, 0.5) is 4.39 Å². The second-order valence-corrected chi connectivity index (χ2v) is 7.04. The number of carbonyl (C=O) groups is 2. The van der Waals surface area contributed by atoms with Gasteiger partial charge in [-0.3, -0.25) is 14.4 Å². The lowest BCUT2D eigenvalue weighted by Crippen LogP contribution is -2.35. The van der Waals surface area contributed by atoms with Gasteiger partial charge in [0, 0.05) is 32.0 Å². The van der Waals surface area contributed by atoms with Crippen LogP contribution in [0, 0.1) is 5.82 Å². The van der Waals surface area contributed by atoms with E-state index < -0.39 is 17.2 Å². The maximum absolute atomic E-state index is 13.0. The predicted octanol–water partition coefficient (Wildman–Crippen LogP) is 2.78. The van der Waals surface area contributed by atoms with Gasteiger partial charge in [0.25, 0.3) is 11.8 Å². The number of halogens is 1. The zero-order valence-corrected chi connectivity index (χ0v) is 15.8. The van der Waals surface area contributed by atoms with Crippen LogP contribution >= 0.6 is 0 Å². The van der Waals surface area contributed by atoms with Crippen LogP contribution in [-0.4, -0.2) is 23.4 Å². The summed E-state index contributed by atoms with van der Waals surface area (Å²) >= 11 is 0. The van der Waals surface area contributed by atoms with Crippen molar-refractivity contribution in [2.75, 3.05) is 7.05 Å². The lowest BCUT2D eigenvalue weighted by atomic mass is 9.95. The van der Waals surface area contributed by atoms with Crippen LogP contribution in [0.1, 0.15) is 64.4 Å². The summed E-state index contributed by atoms with van der Waals surface area (Å²) in [5.41, 5.74) is 0.0177. The Morgan fingerprint density at radius 2 is 1.64 bits per heavy atom.